The first kappa shape index (κ1) is 15.2. The molecule has 112 valence electrons. The molecule has 0 unspecified atom stereocenters. The number of carbonyl (C=O) groups is 1. The van der Waals surface area contributed by atoms with E-state index in [0.717, 1.165) is 12.0 Å². The first-order valence-corrected chi connectivity index (χ1v) is 7.27. The summed E-state index contributed by atoms with van der Waals surface area (Å²) >= 11 is 0. The van der Waals surface area contributed by atoms with Crippen molar-refractivity contribution in [3.8, 4) is 0 Å². The van der Waals surface area contributed by atoms with E-state index in [0.29, 0.717) is 18.3 Å². The van der Waals surface area contributed by atoms with Crippen LogP contribution in [0.15, 0.2) is 34.9 Å². The lowest BCUT2D eigenvalue weighted by Gasteiger charge is -2.14. The molecule has 1 atom stereocenters. The molecule has 2 rings (SSSR count). The Morgan fingerprint density at radius 2 is 2.00 bits per heavy atom. The predicted molar refractivity (Wildman–Crippen MR) is 79.7 cm³/mol. The summed E-state index contributed by atoms with van der Waals surface area (Å²) in [7, 11) is 0. The molecule has 1 heterocycles. The minimum Gasteiger partial charge on any atom is -0.348 e. The minimum absolute atomic E-state index is 0.0143. The Labute approximate surface area is 124 Å². The predicted octanol–water partition coefficient (Wildman–Crippen LogP) is 3.00. The first-order valence-electron chi connectivity index (χ1n) is 7.27. The molecule has 0 saturated heterocycles. The van der Waals surface area contributed by atoms with Gasteiger partial charge < -0.3 is 9.84 Å². The van der Waals surface area contributed by atoms with Gasteiger partial charge in [-0.25, -0.2) is 0 Å². The smallest absolute Gasteiger partial charge is 0.229 e. The Morgan fingerprint density at radius 1 is 1.29 bits per heavy atom. The minimum atomic E-state index is -0.150. The third-order valence-corrected chi connectivity index (χ3v) is 3.33. The summed E-state index contributed by atoms with van der Waals surface area (Å²) in [6.07, 6.45) is 0.749. The van der Waals surface area contributed by atoms with Crippen LogP contribution in [0.1, 0.15) is 56.3 Å². The Bertz CT molecular complexity index is 578. The van der Waals surface area contributed by atoms with Crippen LogP contribution in [0, 0.1) is 0 Å². The first-order chi connectivity index (χ1) is 10.1. The molecule has 0 aliphatic carbocycles. The van der Waals surface area contributed by atoms with E-state index in [4.69, 9.17) is 4.52 Å². The fraction of sp³-hybridized carbons (Fsp3) is 0.438. The molecule has 1 aromatic heterocycles. The summed E-state index contributed by atoms with van der Waals surface area (Å²) in [6.45, 7) is 6.26. The Balaban J connectivity index is 1.96. The summed E-state index contributed by atoms with van der Waals surface area (Å²) < 4.78 is 5.12. The van der Waals surface area contributed by atoms with E-state index in [1.165, 1.54) is 0 Å². The molecule has 0 aliphatic heterocycles. The molecule has 0 fully saturated rings. The van der Waals surface area contributed by atoms with Crippen molar-refractivity contribution >= 4 is 5.91 Å². The SMILES string of the molecule is CC[C@@H](C(=O)NCc1noc(C(C)C)n1)c1ccccc1. The highest BCUT2D eigenvalue weighted by atomic mass is 16.5. The molecule has 2 aromatic rings. The van der Waals surface area contributed by atoms with Crippen LogP contribution in [-0.4, -0.2) is 16.0 Å². The van der Waals surface area contributed by atoms with Gasteiger partial charge in [0.25, 0.3) is 0 Å². The second kappa shape index (κ2) is 7.02. The number of benzene rings is 1. The van der Waals surface area contributed by atoms with Crippen molar-refractivity contribution in [2.24, 2.45) is 0 Å². The van der Waals surface area contributed by atoms with Crippen LogP contribution < -0.4 is 5.32 Å². The molecule has 0 spiro atoms. The highest BCUT2D eigenvalue weighted by molar-refractivity contribution is 5.83. The van der Waals surface area contributed by atoms with Crippen LogP contribution in [0.3, 0.4) is 0 Å². The van der Waals surface area contributed by atoms with Crippen LogP contribution in [0.25, 0.3) is 0 Å². The summed E-state index contributed by atoms with van der Waals surface area (Å²) in [5, 5.41) is 6.74. The molecular formula is C16H21N3O2. The van der Waals surface area contributed by atoms with E-state index in [2.05, 4.69) is 15.5 Å². The fourth-order valence-corrected chi connectivity index (χ4v) is 2.12. The molecule has 1 amide bonds. The molecule has 0 radical (unpaired) electrons. The lowest BCUT2D eigenvalue weighted by molar-refractivity contribution is -0.122. The molecule has 5 nitrogen and oxygen atoms in total. The molecule has 0 bridgehead atoms. The van der Waals surface area contributed by atoms with Gasteiger partial charge in [0.1, 0.15) is 0 Å². The van der Waals surface area contributed by atoms with Crippen LogP contribution in [0.4, 0.5) is 0 Å². The van der Waals surface area contributed by atoms with Crippen molar-refractivity contribution in [3.05, 3.63) is 47.6 Å². The number of aromatic nitrogens is 2. The van der Waals surface area contributed by atoms with Gasteiger partial charge in [0.2, 0.25) is 11.8 Å². The third kappa shape index (κ3) is 3.90. The zero-order chi connectivity index (χ0) is 15.2. The molecule has 1 N–H and O–H groups in total. The van der Waals surface area contributed by atoms with E-state index in [9.17, 15) is 4.79 Å². The van der Waals surface area contributed by atoms with Crippen LogP contribution in [0.5, 0.6) is 0 Å². The van der Waals surface area contributed by atoms with Crippen molar-refractivity contribution in [2.75, 3.05) is 0 Å². The summed E-state index contributed by atoms with van der Waals surface area (Å²) in [5.74, 6) is 1.13. The lowest BCUT2D eigenvalue weighted by atomic mass is 9.96. The highest BCUT2D eigenvalue weighted by Gasteiger charge is 2.19. The number of amides is 1. The van der Waals surface area contributed by atoms with E-state index < -0.39 is 0 Å². The van der Waals surface area contributed by atoms with Gasteiger partial charge in [0.05, 0.1) is 12.5 Å². The number of hydrogen-bond donors (Lipinski definition) is 1. The lowest BCUT2D eigenvalue weighted by Crippen LogP contribution is -2.29. The van der Waals surface area contributed by atoms with Gasteiger partial charge in [0.15, 0.2) is 5.82 Å². The third-order valence-electron chi connectivity index (χ3n) is 3.33. The standard InChI is InChI=1S/C16H21N3O2/c1-4-13(12-8-6-5-7-9-12)15(20)17-10-14-18-16(11(2)3)21-19-14/h5-9,11,13H,4,10H2,1-3H3,(H,17,20)/t13-/m1/s1. The topological polar surface area (TPSA) is 68.0 Å². The van der Waals surface area contributed by atoms with Crippen LogP contribution in [0.2, 0.25) is 0 Å². The zero-order valence-electron chi connectivity index (χ0n) is 12.7. The summed E-state index contributed by atoms with van der Waals surface area (Å²) in [5.41, 5.74) is 1.02. The van der Waals surface area contributed by atoms with Crippen molar-refractivity contribution < 1.29 is 9.32 Å². The number of nitrogens with one attached hydrogen (secondary N) is 1. The highest BCUT2D eigenvalue weighted by Crippen LogP contribution is 2.19. The normalized spacial score (nSPS) is 12.4. The van der Waals surface area contributed by atoms with Crippen molar-refractivity contribution in [3.63, 3.8) is 0 Å². The maximum atomic E-state index is 12.3. The number of nitrogens with zero attached hydrogens (tertiary/aromatic N) is 2. The van der Waals surface area contributed by atoms with Gasteiger partial charge in [-0.15, -0.1) is 0 Å². The van der Waals surface area contributed by atoms with Crippen LogP contribution in [-0.2, 0) is 11.3 Å². The molecule has 1 aromatic carbocycles. The largest absolute Gasteiger partial charge is 0.348 e. The van der Waals surface area contributed by atoms with Gasteiger partial charge in [-0.05, 0) is 12.0 Å². The average Bonchev–Trinajstić information content (AvgIpc) is 2.96. The fourth-order valence-electron chi connectivity index (χ4n) is 2.12. The number of hydrogen-bond acceptors (Lipinski definition) is 4. The number of carbonyl (C=O) groups excluding carboxylic acids is 1. The zero-order valence-corrected chi connectivity index (χ0v) is 12.7. The summed E-state index contributed by atoms with van der Waals surface area (Å²) in [4.78, 5) is 16.5. The van der Waals surface area contributed by atoms with E-state index in [-0.39, 0.29) is 17.7 Å². The maximum absolute atomic E-state index is 12.3. The second-order valence-corrected chi connectivity index (χ2v) is 5.29. The number of rotatable bonds is 6. The molecule has 21 heavy (non-hydrogen) atoms. The van der Waals surface area contributed by atoms with Crippen molar-refractivity contribution in [1.82, 2.24) is 15.5 Å². The van der Waals surface area contributed by atoms with Gasteiger partial charge in [-0.2, -0.15) is 4.98 Å². The molecule has 0 saturated carbocycles. The molecule has 0 aliphatic rings. The van der Waals surface area contributed by atoms with Crippen molar-refractivity contribution in [2.45, 2.75) is 45.6 Å². The van der Waals surface area contributed by atoms with Crippen LogP contribution >= 0.6 is 0 Å². The van der Waals surface area contributed by atoms with E-state index >= 15 is 0 Å². The Kier molecular flexibility index (Phi) is 5.09. The van der Waals surface area contributed by atoms with Gasteiger partial charge in [-0.3, -0.25) is 4.79 Å². The molecule has 5 heteroatoms. The average molecular weight is 287 g/mol. The maximum Gasteiger partial charge on any atom is 0.229 e. The Morgan fingerprint density at radius 3 is 2.57 bits per heavy atom. The van der Waals surface area contributed by atoms with Crippen molar-refractivity contribution in [1.29, 1.82) is 0 Å². The Hall–Kier alpha value is -2.17. The van der Waals surface area contributed by atoms with Gasteiger partial charge >= 0.3 is 0 Å². The second-order valence-electron chi connectivity index (χ2n) is 5.29. The van der Waals surface area contributed by atoms with E-state index in [1.807, 2.05) is 51.1 Å². The summed E-state index contributed by atoms with van der Waals surface area (Å²) in [6, 6.07) is 9.78. The van der Waals surface area contributed by atoms with Gasteiger partial charge in [-0.1, -0.05) is 56.3 Å². The monoisotopic (exact) mass is 287 g/mol. The quantitative estimate of drug-likeness (QED) is 0.886. The molecular weight excluding hydrogens is 266 g/mol. The van der Waals surface area contributed by atoms with Gasteiger partial charge in [0, 0.05) is 5.92 Å². The van der Waals surface area contributed by atoms with E-state index in [1.54, 1.807) is 0 Å².